The lowest BCUT2D eigenvalue weighted by Gasteiger charge is -2.23. The summed E-state index contributed by atoms with van der Waals surface area (Å²) in [5.74, 6) is -1.46. The van der Waals surface area contributed by atoms with Crippen molar-refractivity contribution in [2.24, 2.45) is 0 Å². The van der Waals surface area contributed by atoms with E-state index in [1.807, 2.05) is 10.6 Å². The van der Waals surface area contributed by atoms with Crippen molar-refractivity contribution in [2.75, 3.05) is 0 Å². The van der Waals surface area contributed by atoms with Gasteiger partial charge in [-0.1, -0.05) is 36.4 Å². The van der Waals surface area contributed by atoms with Gasteiger partial charge in [-0.05, 0) is 24.3 Å². The molecule has 0 spiro atoms. The zero-order valence-corrected chi connectivity index (χ0v) is 11.0. The molecule has 21 heavy (non-hydrogen) atoms. The van der Waals surface area contributed by atoms with Crippen LogP contribution < -0.4 is 10.6 Å². The first-order valence-corrected chi connectivity index (χ1v) is 6.18. The average Bonchev–Trinajstić information content (AvgIpc) is 2.48. The number of hydrogen-bond acceptors (Lipinski definition) is 4. The van der Waals surface area contributed by atoms with E-state index in [2.05, 4.69) is 0 Å². The molecule has 0 unspecified atom stereocenters. The van der Waals surface area contributed by atoms with Gasteiger partial charge in [-0.3, -0.25) is 20.2 Å². The van der Waals surface area contributed by atoms with Crippen molar-refractivity contribution >= 4 is 11.8 Å². The van der Waals surface area contributed by atoms with Crippen molar-refractivity contribution in [3.63, 3.8) is 0 Å². The summed E-state index contributed by atoms with van der Waals surface area (Å²) in [4.78, 5) is 23.6. The number of amides is 2. The van der Waals surface area contributed by atoms with Crippen LogP contribution in [0.5, 0.6) is 0 Å². The Hall–Kier alpha value is -2.70. The Morgan fingerprint density at radius 2 is 1.05 bits per heavy atom. The Labute approximate surface area is 121 Å². The van der Waals surface area contributed by atoms with Gasteiger partial charge in [0.05, 0.1) is 0 Å². The summed E-state index contributed by atoms with van der Waals surface area (Å²) < 4.78 is 0. The minimum atomic E-state index is -2.85. The lowest BCUT2D eigenvalue weighted by Crippen LogP contribution is -2.60. The Kier molecular flexibility index (Phi) is 4.32. The molecule has 0 aliphatic rings. The molecule has 6 heteroatoms. The zero-order chi connectivity index (χ0) is 15.3. The fourth-order valence-electron chi connectivity index (χ4n) is 1.67. The summed E-state index contributed by atoms with van der Waals surface area (Å²) >= 11 is 0. The van der Waals surface area contributed by atoms with Crippen LogP contribution in [0, 0.1) is 0 Å². The van der Waals surface area contributed by atoms with Crippen molar-refractivity contribution in [1.82, 2.24) is 10.6 Å². The monoisotopic (exact) mass is 286 g/mol. The molecule has 0 radical (unpaired) electrons. The number of aliphatic hydroxyl groups is 2. The standard InChI is InChI=1S/C15H14N2O4/c18-13(11-7-3-1-4-8-11)16-15(20,21)17-14(19)12-9-5-2-6-10-12/h1-10,20-21H,(H,16,18)(H,17,19). The van der Waals surface area contributed by atoms with E-state index in [9.17, 15) is 19.8 Å². The van der Waals surface area contributed by atoms with Gasteiger partial charge in [-0.25, -0.2) is 0 Å². The highest BCUT2D eigenvalue weighted by Crippen LogP contribution is 2.03. The summed E-state index contributed by atoms with van der Waals surface area (Å²) in [7, 11) is 0. The van der Waals surface area contributed by atoms with Gasteiger partial charge in [0.25, 0.3) is 11.8 Å². The highest BCUT2D eigenvalue weighted by Gasteiger charge is 2.28. The van der Waals surface area contributed by atoms with Crippen molar-refractivity contribution < 1.29 is 19.8 Å². The number of hydrogen-bond donors (Lipinski definition) is 4. The number of benzene rings is 2. The first-order valence-electron chi connectivity index (χ1n) is 6.18. The number of carbonyl (C=O) groups excluding carboxylic acids is 2. The molecule has 2 amide bonds. The third-order valence-corrected chi connectivity index (χ3v) is 2.65. The van der Waals surface area contributed by atoms with E-state index in [4.69, 9.17) is 0 Å². The van der Waals surface area contributed by atoms with E-state index in [1.54, 1.807) is 36.4 Å². The van der Waals surface area contributed by atoms with E-state index in [1.165, 1.54) is 24.3 Å². The minimum Gasteiger partial charge on any atom is -0.331 e. The summed E-state index contributed by atoms with van der Waals surface area (Å²) in [6, 6.07) is 13.1. The van der Waals surface area contributed by atoms with Crippen LogP contribution in [0.3, 0.4) is 0 Å². The first-order chi connectivity index (χ1) is 9.98. The Bertz CT molecular complexity index is 571. The second-order valence-corrected chi connectivity index (χ2v) is 4.31. The molecule has 0 atom stereocenters. The molecule has 2 rings (SSSR count). The van der Waals surface area contributed by atoms with Crippen molar-refractivity contribution in [3.8, 4) is 0 Å². The maximum absolute atomic E-state index is 11.8. The molecule has 6 nitrogen and oxygen atoms in total. The maximum Gasteiger partial charge on any atom is 0.337 e. The SMILES string of the molecule is O=C(NC(O)(O)NC(=O)c1ccccc1)c1ccccc1. The van der Waals surface area contributed by atoms with Crippen LogP contribution in [0.1, 0.15) is 20.7 Å². The topological polar surface area (TPSA) is 98.7 Å². The molecular weight excluding hydrogens is 272 g/mol. The smallest absolute Gasteiger partial charge is 0.331 e. The van der Waals surface area contributed by atoms with Gasteiger partial charge >= 0.3 is 6.03 Å². The van der Waals surface area contributed by atoms with Crippen LogP contribution in [-0.2, 0) is 0 Å². The van der Waals surface area contributed by atoms with E-state index in [0.29, 0.717) is 0 Å². The highest BCUT2D eigenvalue weighted by atomic mass is 16.6. The van der Waals surface area contributed by atoms with Gasteiger partial charge in [0.15, 0.2) is 0 Å². The molecular formula is C15H14N2O4. The molecule has 2 aromatic rings. The van der Waals surface area contributed by atoms with Gasteiger partial charge in [0.1, 0.15) is 0 Å². The first kappa shape index (κ1) is 14.7. The van der Waals surface area contributed by atoms with Crippen LogP contribution in [0.2, 0.25) is 0 Å². The molecule has 4 N–H and O–H groups in total. The predicted molar refractivity (Wildman–Crippen MR) is 75.0 cm³/mol. The summed E-state index contributed by atoms with van der Waals surface area (Å²) in [5.41, 5.74) is 0.470. The Balaban J connectivity index is 2.02. The molecule has 2 aromatic carbocycles. The maximum atomic E-state index is 11.8. The van der Waals surface area contributed by atoms with E-state index in [-0.39, 0.29) is 11.1 Å². The van der Waals surface area contributed by atoms with Crippen molar-refractivity contribution in [2.45, 2.75) is 6.03 Å². The van der Waals surface area contributed by atoms with E-state index >= 15 is 0 Å². The molecule has 0 aliphatic heterocycles. The van der Waals surface area contributed by atoms with E-state index in [0.717, 1.165) is 0 Å². The molecule has 0 bridgehead atoms. The number of carbonyl (C=O) groups is 2. The quantitative estimate of drug-likeness (QED) is 0.613. The van der Waals surface area contributed by atoms with Gasteiger partial charge in [-0.2, -0.15) is 0 Å². The van der Waals surface area contributed by atoms with E-state index < -0.39 is 17.8 Å². The third kappa shape index (κ3) is 4.13. The number of nitrogens with one attached hydrogen (secondary N) is 2. The highest BCUT2D eigenvalue weighted by molar-refractivity contribution is 5.96. The largest absolute Gasteiger partial charge is 0.337 e. The lowest BCUT2D eigenvalue weighted by atomic mass is 10.2. The van der Waals surface area contributed by atoms with Gasteiger partial charge in [0.2, 0.25) is 0 Å². The third-order valence-electron chi connectivity index (χ3n) is 2.65. The van der Waals surface area contributed by atoms with Crippen LogP contribution in [0.25, 0.3) is 0 Å². The van der Waals surface area contributed by atoms with Crippen LogP contribution >= 0.6 is 0 Å². The van der Waals surface area contributed by atoms with Gasteiger partial charge in [-0.15, -0.1) is 0 Å². The fourth-order valence-corrected chi connectivity index (χ4v) is 1.67. The Morgan fingerprint density at radius 3 is 1.38 bits per heavy atom. The fraction of sp³-hybridized carbons (Fsp3) is 0.0667. The zero-order valence-electron chi connectivity index (χ0n) is 11.0. The van der Waals surface area contributed by atoms with Crippen molar-refractivity contribution in [3.05, 3.63) is 71.8 Å². The van der Waals surface area contributed by atoms with Crippen molar-refractivity contribution in [1.29, 1.82) is 0 Å². The normalized spacial score (nSPS) is 10.8. The molecule has 0 saturated carbocycles. The van der Waals surface area contributed by atoms with Crippen LogP contribution in [0.4, 0.5) is 0 Å². The average molecular weight is 286 g/mol. The van der Waals surface area contributed by atoms with Crippen LogP contribution in [-0.4, -0.2) is 28.1 Å². The molecule has 0 aromatic heterocycles. The Morgan fingerprint density at radius 1 is 0.714 bits per heavy atom. The molecule has 108 valence electrons. The molecule has 0 fully saturated rings. The minimum absolute atomic E-state index is 0.235. The summed E-state index contributed by atoms with van der Waals surface area (Å²) in [5, 5.41) is 23.2. The molecule has 0 heterocycles. The summed E-state index contributed by atoms with van der Waals surface area (Å²) in [6.07, 6.45) is 0. The van der Waals surface area contributed by atoms with Gasteiger partial charge < -0.3 is 10.2 Å². The lowest BCUT2D eigenvalue weighted by molar-refractivity contribution is -0.190. The molecule has 0 aliphatic carbocycles. The second kappa shape index (κ2) is 6.17. The van der Waals surface area contributed by atoms with Crippen LogP contribution in [0.15, 0.2) is 60.7 Å². The number of rotatable bonds is 4. The molecule has 0 saturated heterocycles. The second-order valence-electron chi connectivity index (χ2n) is 4.31. The summed E-state index contributed by atoms with van der Waals surface area (Å²) in [6.45, 7) is 0. The predicted octanol–water partition coefficient (Wildman–Crippen LogP) is 0.442. The van der Waals surface area contributed by atoms with Gasteiger partial charge in [0, 0.05) is 11.1 Å².